The van der Waals surface area contributed by atoms with Gasteiger partial charge in [-0.1, -0.05) is 13.8 Å². The van der Waals surface area contributed by atoms with Crippen LogP contribution in [0, 0.1) is 5.92 Å². The number of hydrogen-bond donors (Lipinski definition) is 1. The summed E-state index contributed by atoms with van der Waals surface area (Å²) in [6.07, 6.45) is 2.98. The number of thiophene rings is 1. The quantitative estimate of drug-likeness (QED) is 0.878. The van der Waals surface area contributed by atoms with Gasteiger partial charge in [0.1, 0.15) is 0 Å². The molecule has 0 bridgehead atoms. The molecule has 0 aliphatic carbocycles. The fourth-order valence-corrected chi connectivity index (χ4v) is 4.36. The third-order valence-electron chi connectivity index (χ3n) is 2.99. The van der Waals surface area contributed by atoms with E-state index in [1.807, 2.05) is 23.1 Å². The molecule has 0 spiro atoms. The normalized spacial score (nSPS) is 17.5. The molecule has 1 aliphatic heterocycles. The summed E-state index contributed by atoms with van der Waals surface area (Å²) < 4.78 is 0. The second-order valence-electron chi connectivity index (χ2n) is 4.89. The van der Waals surface area contributed by atoms with Crippen LogP contribution in [-0.4, -0.2) is 10.9 Å². The van der Waals surface area contributed by atoms with E-state index < -0.39 is 0 Å². The molecule has 1 unspecified atom stereocenters. The van der Waals surface area contributed by atoms with Crippen molar-refractivity contribution in [3.05, 3.63) is 21.4 Å². The number of hydrogen-bond acceptors (Lipinski definition) is 3. The second kappa shape index (κ2) is 5.56. The summed E-state index contributed by atoms with van der Waals surface area (Å²) in [4.78, 5) is 2.70. The van der Waals surface area contributed by atoms with Crippen LogP contribution in [0.1, 0.15) is 48.1 Å². The van der Waals surface area contributed by atoms with Crippen LogP contribution in [-0.2, 0) is 12.2 Å². The first-order chi connectivity index (χ1) is 7.66. The third kappa shape index (κ3) is 3.02. The SMILES string of the molecule is CC(C)CCC(O)c1cc2c(s1)CCSC2. The highest BCUT2D eigenvalue weighted by molar-refractivity contribution is 7.98. The van der Waals surface area contributed by atoms with Crippen LogP contribution in [0.2, 0.25) is 0 Å². The van der Waals surface area contributed by atoms with Crippen molar-refractivity contribution in [1.82, 2.24) is 0 Å². The molecule has 1 aromatic heterocycles. The van der Waals surface area contributed by atoms with E-state index in [4.69, 9.17) is 0 Å². The lowest BCUT2D eigenvalue weighted by Crippen LogP contribution is -1.97. The lowest BCUT2D eigenvalue weighted by molar-refractivity contribution is 0.163. The zero-order valence-corrected chi connectivity index (χ0v) is 11.7. The first-order valence-electron chi connectivity index (χ1n) is 6.04. The van der Waals surface area contributed by atoms with Crippen molar-refractivity contribution in [3.63, 3.8) is 0 Å². The zero-order valence-electron chi connectivity index (χ0n) is 10.0. The maximum atomic E-state index is 10.1. The van der Waals surface area contributed by atoms with Crippen LogP contribution in [0.4, 0.5) is 0 Å². The molecule has 0 saturated heterocycles. The summed E-state index contributed by atoms with van der Waals surface area (Å²) in [5.74, 6) is 3.07. The predicted molar refractivity (Wildman–Crippen MR) is 73.2 cm³/mol. The Hall–Kier alpha value is 0.01000. The van der Waals surface area contributed by atoms with Gasteiger partial charge < -0.3 is 5.11 Å². The Bertz CT molecular complexity index is 320. The van der Waals surface area contributed by atoms with Gasteiger partial charge >= 0.3 is 0 Å². The van der Waals surface area contributed by atoms with E-state index in [9.17, 15) is 5.11 Å². The lowest BCUT2D eigenvalue weighted by Gasteiger charge is -2.09. The van der Waals surface area contributed by atoms with Crippen LogP contribution in [0.15, 0.2) is 6.07 Å². The number of fused-ring (bicyclic) bond motifs is 1. The Kier molecular flexibility index (Phi) is 4.34. The maximum Gasteiger partial charge on any atom is 0.0882 e. The van der Waals surface area contributed by atoms with Crippen molar-refractivity contribution in [2.24, 2.45) is 5.92 Å². The van der Waals surface area contributed by atoms with Crippen LogP contribution in [0.3, 0.4) is 0 Å². The van der Waals surface area contributed by atoms with E-state index in [2.05, 4.69) is 19.9 Å². The summed E-state index contributed by atoms with van der Waals surface area (Å²) in [5.41, 5.74) is 1.47. The highest BCUT2D eigenvalue weighted by atomic mass is 32.2. The number of aliphatic hydroxyl groups is 1. The predicted octanol–water partition coefficient (Wildman–Crippen LogP) is 4.01. The van der Waals surface area contributed by atoms with E-state index in [0.717, 1.165) is 18.6 Å². The molecular weight excluding hydrogens is 236 g/mol. The minimum atomic E-state index is -0.233. The van der Waals surface area contributed by atoms with Gasteiger partial charge in [0.25, 0.3) is 0 Å². The molecule has 1 aromatic rings. The Balaban J connectivity index is 2.00. The summed E-state index contributed by atoms with van der Waals surface area (Å²) in [7, 11) is 0. The van der Waals surface area contributed by atoms with E-state index in [1.165, 1.54) is 27.5 Å². The monoisotopic (exact) mass is 256 g/mol. The second-order valence-corrected chi connectivity index (χ2v) is 7.16. The molecule has 1 N–H and O–H groups in total. The van der Waals surface area contributed by atoms with Gasteiger partial charge in [-0.05, 0) is 42.6 Å². The minimum absolute atomic E-state index is 0.233. The maximum absolute atomic E-state index is 10.1. The van der Waals surface area contributed by atoms with Crippen LogP contribution >= 0.6 is 23.1 Å². The number of aryl methyl sites for hydroxylation is 1. The summed E-state index contributed by atoms with van der Waals surface area (Å²) in [5, 5.41) is 10.1. The molecule has 3 heteroatoms. The topological polar surface area (TPSA) is 20.2 Å². The zero-order chi connectivity index (χ0) is 11.5. The Morgan fingerprint density at radius 3 is 2.88 bits per heavy atom. The van der Waals surface area contributed by atoms with Crippen molar-refractivity contribution in [1.29, 1.82) is 0 Å². The molecule has 2 heterocycles. The molecule has 0 saturated carbocycles. The Labute approximate surface area is 106 Å². The fourth-order valence-electron chi connectivity index (χ4n) is 1.97. The number of thioether (sulfide) groups is 1. The number of aliphatic hydroxyl groups excluding tert-OH is 1. The largest absolute Gasteiger partial charge is 0.388 e. The highest BCUT2D eigenvalue weighted by Gasteiger charge is 2.17. The standard InChI is InChI=1S/C13H20OS2/c1-9(2)3-4-11(14)13-7-10-8-15-6-5-12(10)16-13/h7,9,11,14H,3-6,8H2,1-2H3. The van der Waals surface area contributed by atoms with E-state index >= 15 is 0 Å². The van der Waals surface area contributed by atoms with Gasteiger partial charge in [-0.3, -0.25) is 0 Å². The van der Waals surface area contributed by atoms with Gasteiger partial charge in [0.15, 0.2) is 0 Å². The summed E-state index contributed by atoms with van der Waals surface area (Å²) >= 11 is 3.84. The molecule has 16 heavy (non-hydrogen) atoms. The van der Waals surface area contributed by atoms with E-state index in [1.54, 1.807) is 0 Å². The highest BCUT2D eigenvalue weighted by Crippen LogP contribution is 2.35. The molecule has 0 amide bonds. The van der Waals surface area contributed by atoms with Gasteiger partial charge in [-0.15, -0.1) is 11.3 Å². The van der Waals surface area contributed by atoms with Gasteiger partial charge in [0, 0.05) is 15.5 Å². The van der Waals surface area contributed by atoms with Gasteiger partial charge in [0.2, 0.25) is 0 Å². The molecule has 1 nitrogen and oxygen atoms in total. The molecule has 1 atom stereocenters. The average molecular weight is 256 g/mol. The first kappa shape index (κ1) is 12.5. The van der Waals surface area contributed by atoms with Crippen molar-refractivity contribution < 1.29 is 5.11 Å². The van der Waals surface area contributed by atoms with Crippen LogP contribution < -0.4 is 0 Å². The van der Waals surface area contributed by atoms with Gasteiger partial charge in [-0.25, -0.2) is 0 Å². The lowest BCUT2D eigenvalue weighted by atomic mass is 10.0. The van der Waals surface area contributed by atoms with Crippen molar-refractivity contribution in [2.75, 3.05) is 5.75 Å². The fraction of sp³-hybridized carbons (Fsp3) is 0.692. The molecule has 0 fully saturated rings. The van der Waals surface area contributed by atoms with Gasteiger partial charge in [0.05, 0.1) is 6.10 Å². The Morgan fingerprint density at radius 1 is 1.38 bits per heavy atom. The first-order valence-corrected chi connectivity index (χ1v) is 8.01. The van der Waals surface area contributed by atoms with E-state index in [-0.39, 0.29) is 6.10 Å². The van der Waals surface area contributed by atoms with Crippen molar-refractivity contribution in [2.45, 2.75) is 45.0 Å². The molecule has 1 aliphatic rings. The summed E-state index contributed by atoms with van der Waals surface area (Å²) in [6.45, 7) is 4.42. The van der Waals surface area contributed by atoms with Crippen molar-refractivity contribution >= 4 is 23.1 Å². The molecule has 0 aromatic carbocycles. The molecular formula is C13H20OS2. The summed E-state index contributed by atoms with van der Waals surface area (Å²) in [6, 6.07) is 2.23. The van der Waals surface area contributed by atoms with Crippen LogP contribution in [0.25, 0.3) is 0 Å². The number of rotatable bonds is 4. The van der Waals surface area contributed by atoms with E-state index in [0.29, 0.717) is 5.92 Å². The molecule has 0 radical (unpaired) electrons. The smallest absolute Gasteiger partial charge is 0.0882 e. The Morgan fingerprint density at radius 2 is 2.19 bits per heavy atom. The van der Waals surface area contributed by atoms with Crippen molar-refractivity contribution in [3.8, 4) is 0 Å². The van der Waals surface area contributed by atoms with Crippen LogP contribution in [0.5, 0.6) is 0 Å². The minimum Gasteiger partial charge on any atom is -0.388 e. The average Bonchev–Trinajstić information content (AvgIpc) is 2.69. The molecule has 2 rings (SSSR count). The third-order valence-corrected chi connectivity index (χ3v) is 5.34. The molecule has 90 valence electrons. The van der Waals surface area contributed by atoms with Gasteiger partial charge in [-0.2, -0.15) is 11.8 Å².